The van der Waals surface area contributed by atoms with Crippen molar-refractivity contribution in [3.63, 3.8) is 0 Å². The van der Waals surface area contributed by atoms with E-state index in [0.29, 0.717) is 5.69 Å². The van der Waals surface area contributed by atoms with Crippen molar-refractivity contribution < 1.29 is 14.0 Å². The van der Waals surface area contributed by atoms with Gasteiger partial charge >= 0.3 is 0 Å². The minimum Gasteiger partial charge on any atom is -0.346 e. The molecule has 0 saturated heterocycles. The summed E-state index contributed by atoms with van der Waals surface area (Å²) in [5.74, 6) is -0.466. The first-order valence-electron chi connectivity index (χ1n) is 9.03. The van der Waals surface area contributed by atoms with Crippen molar-refractivity contribution in [3.8, 4) is 0 Å². The largest absolute Gasteiger partial charge is 0.346 e. The van der Waals surface area contributed by atoms with Gasteiger partial charge in [0, 0.05) is 5.69 Å². The number of thioether (sulfide) groups is 1. The van der Waals surface area contributed by atoms with Crippen LogP contribution in [-0.4, -0.2) is 22.8 Å². The van der Waals surface area contributed by atoms with E-state index >= 15 is 0 Å². The Labute approximate surface area is 162 Å². The molecule has 0 bridgehead atoms. The molecule has 1 atom stereocenters. The van der Waals surface area contributed by atoms with Crippen molar-refractivity contribution in [1.29, 1.82) is 0 Å². The SMILES string of the molecule is CC(SCC(=O)Nc1ccc(F)cc1)C(=O)NC1(c2ccccc2)CCC1. The Morgan fingerprint density at radius 2 is 1.78 bits per heavy atom. The maximum atomic E-state index is 12.9. The monoisotopic (exact) mass is 386 g/mol. The van der Waals surface area contributed by atoms with Crippen LogP contribution in [0.25, 0.3) is 0 Å². The van der Waals surface area contributed by atoms with Crippen LogP contribution in [0.5, 0.6) is 0 Å². The molecule has 142 valence electrons. The maximum Gasteiger partial charge on any atom is 0.234 e. The average Bonchev–Trinajstić information content (AvgIpc) is 2.65. The summed E-state index contributed by atoms with van der Waals surface area (Å²) < 4.78 is 12.9. The second-order valence-corrected chi connectivity index (χ2v) is 8.13. The van der Waals surface area contributed by atoms with E-state index < -0.39 is 0 Å². The highest BCUT2D eigenvalue weighted by Crippen LogP contribution is 2.41. The molecule has 2 amide bonds. The molecule has 27 heavy (non-hydrogen) atoms. The molecule has 1 fully saturated rings. The molecule has 6 heteroatoms. The van der Waals surface area contributed by atoms with Gasteiger partial charge in [-0.1, -0.05) is 30.3 Å². The molecule has 2 aromatic rings. The molecule has 1 aliphatic rings. The zero-order chi connectivity index (χ0) is 19.3. The number of carbonyl (C=O) groups is 2. The summed E-state index contributed by atoms with van der Waals surface area (Å²) in [6, 6.07) is 15.6. The van der Waals surface area contributed by atoms with Gasteiger partial charge in [0.1, 0.15) is 5.82 Å². The van der Waals surface area contributed by atoms with E-state index in [-0.39, 0.29) is 34.2 Å². The van der Waals surface area contributed by atoms with Gasteiger partial charge in [0.05, 0.1) is 16.5 Å². The number of amides is 2. The van der Waals surface area contributed by atoms with Crippen molar-refractivity contribution >= 4 is 29.3 Å². The molecule has 1 unspecified atom stereocenters. The number of anilines is 1. The van der Waals surface area contributed by atoms with E-state index in [4.69, 9.17) is 0 Å². The predicted octanol–water partition coefficient (Wildman–Crippen LogP) is 4.08. The van der Waals surface area contributed by atoms with Crippen LogP contribution in [0.2, 0.25) is 0 Å². The molecule has 4 nitrogen and oxygen atoms in total. The number of carbonyl (C=O) groups excluding carboxylic acids is 2. The normalized spacial score (nSPS) is 16.1. The third kappa shape index (κ3) is 4.89. The molecular weight excluding hydrogens is 363 g/mol. The van der Waals surface area contributed by atoms with E-state index in [1.807, 2.05) is 37.3 Å². The minimum atomic E-state index is -0.351. The fraction of sp³-hybridized carbons (Fsp3) is 0.333. The summed E-state index contributed by atoms with van der Waals surface area (Å²) in [5, 5.41) is 5.55. The topological polar surface area (TPSA) is 58.2 Å². The van der Waals surface area contributed by atoms with Crippen LogP contribution in [0.3, 0.4) is 0 Å². The number of nitrogens with one attached hydrogen (secondary N) is 2. The predicted molar refractivity (Wildman–Crippen MR) is 107 cm³/mol. The summed E-state index contributed by atoms with van der Waals surface area (Å²) in [6.07, 6.45) is 2.97. The van der Waals surface area contributed by atoms with E-state index in [1.54, 1.807) is 0 Å². The molecule has 0 heterocycles. The van der Waals surface area contributed by atoms with Gasteiger partial charge in [-0.25, -0.2) is 4.39 Å². The van der Waals surface area contributed by atoms with Crippen LogP contribution in [0, 0.1) is 5.82 Å². The van der Waals surface area contributed by atoms with Crippen molar-refractivity contribution in [2.24, 2.45) is 0 Å². The van der Waals surface area contributed by atoms with Crippen LogP contribution >= 0.6 is 11.8 Å². The lowest BCUT2D eigenvalue weighted by Crippen LogP contribution is -2.52. The highest BCUT2D eigenvalue weighted by Gasteiger charge is 2.40. The quantitative estimate of drug-likeness (QED) is 0.754. The average molecular weight is 386 g/mol. The third-order valence-electron chi connectivity index (χ3n) is 4.86. The molecule has 1 saturated carbocycles. The molecule has 3 rings (SSSR count). The zero-order valence-corrected chi connectivity index (χ0v) is 16.0. The molecular formula is C21H23FN2O2S. The van der Waals surface area contributed by atoms with Gasteiger partial charge in [-0.3, -0.25) is 9.59 Å². The number of rotatable bonds is 7. The Morgan fingerprint density at radius 3 is 2.37 bits per heavy atom. The van der Waals surface area contributed by atoms with E-state index in [1.165, 1.54) is 36.0 Å². The van der Waals surface area contributed by atoms with Crippen LogP contribution in [0.15, 0.2) is 54.6 Å². The van der Waals surface area contributed by atoms with E-state index in [0.717, 1.165) is 24.8 Å². The molecule has 2 N–H and O–H groups in total. The molecule has 0 radical (unpaired) electrons. The number of benzene rings is 2. The van der Waals surface area contributed by atoms with E-state index in [2.05, 4.69) is 10.6 Å². The Bertz CT molecular complexity index is 792. The molecule has 2 aromatic carbocycles. The second kappa shape index (κ2) is 8.57. The first-order chi connectivity index (χ1) is 13.0. The van der Waals surface area contributed by atoms with E-state index in [9.17, 15) is 14.0 Å². The Morgan fingerprint density at radius 1 is 1.11 bits per heavy atom. The lowest BCUT2D eigenvalue weighted by molar-refractivity contribution is -0.123. The van der Waals surface area contributed by atoms with Gasteiger partial charge in [0.15, 0.2) is 0 Å². The fourth-order valence-electron chi connectivity index (χ4n) is 3.12. The molecule has 0 spiro atoms. The van der Waals surface area contributed by atoms with Gasteiger partial charge < -0.3 is 10.6 Å². The van der Waals surface area contributed by atoms with Crippen molar-refractivity contribution in [1.82, 2.24) is 5.32 Å². The summed E-state index contributed by atoms with van der Waals surface area (Å²) in [5.41, 5.74) is 1.40. The number of hydrogen-bond acceptors (Lipinski definition) is 3. The van der Waals surface area contributed by atoms with Crippen LogP contribution < -0.4 is 10.6 Å². The summed E-state index contributed by atoms with van der Waals surface area (Å²) in [7, 11) is 0. The second-order valence-electron chi connectivity index (χ2n) is 6.80. The minimum absolute atomic E-state index is 0.0573. The molecule has 0 aromatic heterocycles. The molecule has 1 aliphatic carbocycles. The van der Waals surface area contributed by atoms with Gasteiger partial charge in [-0.2, -0.15) is 0 Å². The Hall–Kier alpha value is -2.34. The lowest BCUT2D eigenvalue weighted by Gasteiger charge is -2.43. The smallest absolute Gasteiger partial charge is 0.234 e. The first kappa shape index (κ1) is 19.4. The van der Waals surface area contributed by atoms with Gasteiger partial charge in [-0.15, -0.1) is 11.8 Å². The van der Waals surface area contributed by atoms with Gasteiger partial charge in [0.25, 0.3) is 0 Å². The van der Waals surface area contributed by atoms with Crippen LogP contribution in [0.1, 0.15) is 31.7 Å². The Balaban J connectivity index is 1.50. The maximum absolute atomic E-state index is 12.9. The molecule has 0 aliphatic heterocycles. The summed E-state index contributed by atoms with van der Waals surface area (Å²) in [4.78, 5) is 24.7. The standard InChI is InChI=1S/C21H23FN2O2S/c1-15(27-14-19(25)23-18-10-8-17(22)9-11-18)20(26)24-21(12-5-13-21)16-6-3-2-4-7-16/h2-4,6-11,15H,5,12-14H2,1H3,(H,23,25)(H,24,26). The summed E-state index contributed by atoms with van der Waals surface area (Å²) in [6.45, 7) is 1.81. The van der Waals surface area contributed by atoms with Gasteiger partial charge in [0.2, 0.25) is 11.8 Å². The van der Waals surface area contributed by atoms with Crippen molar-refractivity contribution in [3.05, 3.63) is 66.0 Å². The lowest BCUT2D eigenvalue weighted by atomic mass is 9.71. The zero-order valence-electron chi connectivity index (χ0n) is 15.2. The highest BCUT2D eigenvalue weighted by atomic mass is 32.2. The van der Waals surface area contributed by atoms with Crippen LogP contribution in [-0.2, 0) is 15.1 Å². The number of halogens is 1. The third-order valence-corrected chi connectivity index (χ3v) is 6.00. The van der Waals surface area contributed by atoms with Crippen molar-refractivity contribution in [2.75, 3.05) is 11.1 Å². The Kier molecular flexibility index (Phi) is 6.16. The fourth-order valence-corrected chi connectivity index (χ4v) is 3.80. The van der Waals surface area contributed by atoms with Crippen molar-refractivity contribution in [2.45, 2.75) is 37.0 Å². The summed E-state index contributed by atoms with van der Waals surface area (Å²) >= 11 is 1.29. The van der Waals surface area contributed by atoms with Crippen LogP contribution in [0.4, 0.5) is 10.1 Å². The van der Waals surface area contributed by atoms with Gasteiger partial charge in [-0.05, 0) is 56.0 Å². The first-order valence-corrected chi connectivity index (χ1v) is 10.1. The number of hydrogen-bond donors (Lipinski definition) is 2. The highest BCUT2D eigenvalue weighted by molar-refractivity contribution is 8.01.